The van der Waals surface area contributed by atoms with E-state index in [2.05, 4.69) is 52.1 Å². The normalized spacial score (nSPS) is 22.7. The van der Waals surface area contributed by atoms with Crippen LogP contribution in [-0.2, 0) is 11.2 Å². The van der Waals surface area contributed by atoms with E-state index in [1.165, 1.54) is 23.1 Å². The number of aryl methyl sites for hydroxylation is 1. The van der Waals surface area contributed by atoms with Crippen molar-refractivity contribution in [1.29, 1.82) is 0 Å². The van der Waals surface area contributed by atoms with E-state index in [1.54, 1.807) is 0 Å². The second kappa shape index (κ2) is 11.2. The van der Waals surface area contributed by atoms with Crippen LogP contribution in [0.3, 0.4) is 0 Å². The quantitative estimate of drug-likeness (QED) is 0.556. The molecule has 1 amide bonds. The van der Waals surface area contributed by atoms with E-state index in [-0.39, 0.29) is 5.92 Å². The molecule has 1 aliphatic carbocycles. The molecule has 6 heteroatoms. The van der Waals surface area contributed by atoms with Gasteiger partial charge in [0.25, 0.3) is 0 Å². The molecule has 186 valence electrons. The molecule has 35 heavy (non-hydrogen) atoms. The highest BCUT2D eigenvalue weighted by molar-refractivity contribution is 5.81. The third kappa shape index (κ3) is 5.85. The van der Waals surface area contributed by atoms with Crippen LogP contribution in [0.1, 0.15) is 63.0 Å². The molecule has 0 bridgehead atoms. The Morgan fingerprint density at radius 1 is 1.00 bits per heavy atom. The lowest BCUT2D eigenvalue weighted by atomic mass is 9.85. The van der Waals surface area contributed by atoms with Crippen molar-refractivity contribution in [1.82, 2.24) is 14.9 Å². The zero-order valence-corrected chi connectivity index (χ0v) is 21.0. The number of rotatable bonds is 7. The molecule has 3 heterocycles. The standard InChI is InChI=1S/C29H38N4O2/c1-2-22-19-30-29(31-20-22)33-15-3-5-23(14-18-33)21-35-27-12-10-25(11-13-27)24-6-8-26(9-7-24)28(34)32-16-4-17-32/h6,10-13,19-20,23,26H,2-5,7-9,14-18,21H2,1H3. The summed E-state index contributed by atoms with van der Waals surface area (Å²) in [6, 6.07) is 8.54. The topological polar surface area (TPSA) is 58.6 Å². The monoisotopic (exact) mass is 474 g/mol. The van der Waals surface area contributed by atoms with Gasteiger partial charge in [0.2, 0.25) is 11.9 Å². The van der Waals surface area contributed by atoms with Crippen LogP contribution in [0.5, 0.6) is 5.75 Å². The van der Waals surface area contributed by atoms with Crippen LogP contribution in [0.2, 0.25) is 0 Å². The summed E-state index contributed by atoms with van der Waals surface area (Å²) in [4.78, 5) is 25.9. The number of benzene rings is 1. The number of carbonyl (C=O) groups is 1. The second-order valence-corrected chi connectivity index (χ2v) is 10.2. The molecule has 2 fully saturated rings. The molecular weight excluding hydrogens is 436 g/mol. The minimum Gasteiger partial charge on any atom is -0.493 e. The predicted molar refractivity (Wildman–Crippen MR) is 139 cm³/mol. The molecule has 2 aliphatic heterocycles. The van der Waals surface area contributed by atoms with Gasteiger partial charge in [0, 0.05) is 44.5 Å². The maximum Gasteiger partial charge on any atom is 0.226 e. The Morgan fingerprint density at radius 3 is 2.46 bits per heavy atom. The highest BCUT2D eigenvalue weighted by Gasteiger charge is 2.29. The van der Waals surface area contributed by atoms with E-state index in [0.717, 1.165) is 89.4 Å². The Kier molecular flexibility index (Phi) is 7.65. The second-order valence-electron chi connectivity index (χ2n) is 10.2. The van der Waals surface area contributed by atoms with Crippen LogP contribution in [0.4, 0.5) is 5.95 Å². The molecule has 0 radical (unpaired) electrons. The van der Waals surface area contributed by atoms with E-state index in [9.17, 15) is 4.79 Å². The number of amides is 1. The van der Waals surface area contributed by atoms with Crippen molar-refractivity contribution in [3.63, 3.8) is 0 Å². The van der Waals surface area contributed by atoms with Gasteiger partial charge in [0.15, 0.2) is 0 Å². The number of likely N-dealkylation sites (tertiary alicyclic amines) is 1. The highest BCUT2D eigenvalue weighted by Crippen LogP contribution is 2.33. The van der Waals surface area contributed by atoms with Gasteiger partial charge in [-0.05, 0) is 86.1 Å². The summed E-state index contributed by atoms with van der Waals surface area (Å²) in [7, 11) is 0. The third-order valence-corrected chi connectivity index (χ3v) is 7.87. The number of hydrogen-bond donors (Lipinski definition) is 0. The number of carbonyl (C=O) groups excluding carboxylic acids is 1. The molecule has 2 unspecified atom stereocenters. The Hall–Kier alpha value is -2.89. The minimum atomic E-state index is 0.180. The van der Waals surface area contributed by atoms with E-state index in [1.807, 2.05) is 17.3 Å². The van der Waals surface area contributed by atoms with Gasteiger partial charge in [-0.15, -0.1) is 0 Å². The fourth-order valence-electron chi connectivity index (χ4n) is 5.32. The van der Waals surface area contributed by atoms with Gasteiger partial charge in [0.1, 0.15) is 5.75 Å². The van der Waals surface area contributed by atoms with Crippen LogP contribution in [0.15, 0.2) is 42.7 Å². The zero-order chi connectivity index (χ0) is 24.0. The van der Waals surface area contributed by atoms with Gasteiger partial charge in [-0.25, -0.2) is 9.97 Å². The smallest absolute Gasteiger partial charge is 0.226 e. The average Bonchev–Trinajstić information content (AvgIpc) is 3.13. The van der Waals surface area contributed by atoms with Crippen LogP contribution in [-0.4, -0.2) is 53.6 Å². The molecule has 2 atom stereocenters. The molecule has 1 aromatic heterocycles. The maximum absolute atomic E-state index is 12.5. The average molecular weight is 475 g/mol. The molecule has 1 aromatic carbocycles. The van der Waals surface area contributed by atoms with Crippen molar-refractivity contribution >= 4 is 17.4 Å². The maximum atomic E-state index is 12.5. The molecule has 0 N–H and O–H groups in total. The van der Waals surface area contributed by atoms with Crippen molar-refractivity contribution in [3.05, 3.63) is 53.9 Å². The first-order valence-corrected chi connectivity index (χ1v) is 13.5. The molecular formula is C29H38N4O2. The Bertz CT molecular complexity index is 1010. The van der Waals surface area contributed by atoms with Gasteiger partial charge >= 0.3 is 0 Å². The fraction of sp³-hybridized carbons (Fsp3) is 0.552. The molecule has 6 nitrogen and oxygen atoms in total. The van der Waals surface area contributed by atoms with Crippen LogP contribution in [0.25, 0.3) is 5.57 Å². The van der Waals surface area contributed by atoms with Gasteiger partial charge in [-0.3, -0.25) is 4.79 Å². The van der Waals surface area contributed by atoms with Crippen molar-refractivity contribution in [2.45, 2.75) is 58.3 Å². The first kappa shape index (κ1) is 23.8. The number of ether oxygens (including phenoxy) is 1. The summed E-state index contributed by atoms with van der Waals surface area (Å²) in [5, 5.41) is 0. The Labute approximate surface area is 209 Å². The zero-order valence-electron chi connectivity index (χ0n) is 21.0. The van der Waals surface area contributed by atoms with Gasteiger partial charge in [-0.1, -0.05) is 25.1 Å². The summed E-state index contributed by atoms with van der Waals surface area (Å²) in [6.07, 6.45) is 14.5. The molecule has 2 saturated heterocycles. The summed E-state index contributed by atoms with van der Waals surface area (Å²) in [5.41, 5.74) is 3.80. The lowest BCUT2D eigenvalue weighted by Gasteiger charge is -2.35. The molecule has 0 spiro atoms. The third-order valence-electron chi connectivity index (χ3n) is 7.87. The van der Waals surface area contributed by atoms with Gasteiger partial charge in [-0.2, -0.15) is 0 Å². The first-order valence-electron chi connectivity index (χ1n) is 13.5. The van der Waals surface area contributed by atoms with Crippen LogP contribution in [0, 0.1) is 11.8 Å². The molecule has 3 aliphatic rings. The van der Waals surface area contributed by atoms with Crippen molar-refractivity contribution < 1.29 is 9.53 Å². The largest absolute Gasteiger partial charge is 0.493 e. The SMILES string of the molecule is CCc1cnc(N2CCCC(COc3ccc(C4=CCC(C(=O)N5CCC5)CC4)cc3)CC2)nc1. The van der Waals surface area contributed by atoms with E-state index in [0.29, 0.717) is 11.8 Å². The predicted octanol–water partition coefficient (Wildman–Crippen LogP) is 5.14. The first-order chi connectivity index (χ1) is 17.2. The van der Waals surface area contributed by atoms with E-state index >= 15 is 0 Å². The summed E-state index contributed by atoms with van der Waals surface area (Å²) in [5.74, 6) is 2.89. The van der Waals surface area contributed by atoms with Crippen molar-refractivity contribution in [2.24, 2.45) is 11.8 Å². The fourth-order valence-corrected chi connectivity index (χ4v) is 5.32. The number of anilines is 1. The number of hydrogen-bond acceptors (Lipinski definition) is 5. The van der Waals surface area contributed by atoms with Crippen LogP contribution < -0.4 is 9.64 Å². The number of nitrogens with zero attached hydrogens (tertiary/aromatic N) is 4. The van der Waals surface area contributed by atoms with Crippen LogP contribution >= 0.6 is 0 Å². The van der Waals surface area contributed by atoms with Crippen molar-refractivity contribution in [2.75, 3.05) is 37.7 Å². The summed E-state index contributed by atoms with van der Waals surface area (Å²) >= 11 is 0. The molecule has 2 aromatic rings. The molecule has 5 rings (SSSR count). The Morgan fingerprint density at radius 2 is 1.80 bits per heavy atom. The summed E-state index contributed by atoms with van der Waals surface area (Å²) < 4.78 is 6.19. The lowest BCUT2D eigenvalue weighted by molar-refractivity contribution is -0.139. The summed E-state index contributed by atoms with van der Waals surface area (Å²) in [6.45, 7) is 6.78. The highest BCUT2D eigenvalue weighted by atomic mass is 16.5. The van der Waals surface area contributed by atoms with Gasteiger partial charge < -0.3 is 14.5 Å². The molecule has 0 saturated carbocycles. The van der Waals surface area contributed by atoms with E-state index < -0.39 is 0 Å². The van der Waals surface area contributed by atoms with E-state index in [4.69, 9.17) is 4.74 Å². The number of allylic oxidation sites excluding steroid dienone is 2. The lowest BCUT2D eigenvalue weighted by Crippen LogP contribution is -2.45. The van der Waals surface area contributed by atoms with Gasteiger partial charge in [0.05, 0.1) is 6.61 Å². The number of aromatic nitrogens is 2. The van der Waals surface area contributed by atoms with Crippen molar-refractivity contribution in [3.8, 4) is 5.75 Å². The minimum absolute atomic E-state index is 0.180. The Balaban J connectivity index is 1.09.